The molecule has 4 fully saturated rings. The topological polar surface area (TPSA) is 76.6 Å². The summed E-state index contributed by atoms with van der Waals surface area (Å²) in [4.78, 5) is 52.7. The Morgan fingerprint density at radius 2 is 1.67 bits per heavy atom. The summed E-state index contributed by atoms with van der Waals surface area (Å²) in [5.74, 6) is -0.841. The van der Waals surface area contributed by atoms with E-state index in [0.29, 0.717) is 66.3 Å². The molecule has 1 saturated carbocycles. The molecule has 0 bridgehead atoms. The minimum absolute atomic E-state index is 0.0881. The second kappa shape index (κ2) is 13.6. The molecule has 0 unspecified atom stereocenters. The Morgan fingerprint density at radius 1 is 0.870 bits per heavy atom. The van der Waals surface area contributed by atoms with E-state index in [-0.39, 0.29) is 36.9 Å². The highest BCUT2D eigenvalue weighted by Crippen LogP contribution is 2.36. The first kappa shape index (κ1) is 31.5. The molecule has 4 aliphatic heterocycles. The van der Waals surface area contributed by atoms with Gasteiger partial charge in [-0.3, -0.25) is 24.2 Å². The lowest BCUT2D eigenvalue weighted by atomic mass is 9.93. The summed E-state index contributed by atoms with van der Waals surface area (Å²) in [5, 5.41) is 0.293. The lowest BCUT2D eigenvalue weighted by Crippen LogP contribution is -2.63. The van der Waals surface area contributed by atoms with Crippen molar-refractivity contribution in [1.82, 2.24) is 19.6 Å². The van der Waals surface area contributed by atoms with Gasteiger partial charge in [0.05, 0.1) is 37.1 Å². The zero-order valence-corrected chi connectivity index (χ0v) is 27.1. The molecular weight excluding hydrogens is 609 g/mol. The van der Waals surface area contributed by atoms with Crippen molar-refractivity contribution < 1.29 is 23.5 Å². The van der Waals surface area contributed by atoms with Crippen LogP contribution in [-0.2, 0) is 14.3 Å². The number of nitrogens with zero attached hydrogens (tertiary/aromatic N) is 5. The Balaban J connectivity index is 1.17. The zero-order valence-electron chi connectivity index (χ0n) is 26.3. The fraction of sp³-hybridized carbons (Fsp3) is 0.571. The molecule has 2 aromatic rings. The van der Waals surface area contributed by atoms with Crippen LogP contribution in [0, 0.1) is 5.82 Å². The summed E-state index contributed by atoms with van der Waals surface area (Å²) >= 11 is 6.01. The molecule has 0 radical (unpaired) electrons. The van der Waals surface area contributed by atoms with Crippen molar-refractivity contribution in [3.63, 3.8) is 0 Å². The highest BCUT2D eigenvalue weighted by atomic mass is 35.5. The second-order valence-electron chi connectivity index (χ2n) is 13.3. The second-order valence-corrected chi connectivity index (χ2v) is 13.7. The molecular formula is C35H43ClFN5O4. The van der Waals surface area contributed by atoms with Crippen LogP contribution in [0.3, 0.4) is 0 Å². The number of likely N-dealkylation sites (tertiary alicyclic amines) is 1. The predicted molar refractivity (Wildman–Crippen MR) is 174 cm³/mol. The summed E-state index contributed by atoms with van der Waals surface area (Å²) in [6.07, 6.45) is 7.84. The molecule has 4 heterocycles. The van der Waals surface area contributed by atoms with Crippen LogP contribution in [0.1, 0.15) is 55.3 Å². The van der Waals surface area contributed by atoms with Crippen LogP contribution in [0.2, 0.25) is 5.02 Å². The molecule has 0 N–H and O–H groups in total. The first-order valence-electron chi connectivity index (χ1n) is 17.0. The van der Waals surface area contributed by atoms with Crippen LogP contribution < -0.4 is 4.90 Å². The predicted octanol–water partition coefficient (Wildman–Crippen LogP) is 4.28. The monoisotopic (exact) mass is 651 g/mol. The zero-order chi connectivity index (χ0) is 31.8. The van der Waals surface area contributed by atoms with Crippen molar-refractivity contribution in [2.45, 2.75) is 63.1 Å². The van der Waals surface area contributed by atoms with Crippen molar-refractivity contribution in [1.29, 1.82) is 0 Å². The minimum Gasteiger partial charge on any atom is -0.379 e. The summed E-state index contributed by atoms with van der Waals surface area (Å²) in [7, 11) is 0. The maximum Gasteiger partial charge on any atom is 0.256 e. The van der Waals surface area contributed by atoms with Crippen LogP contribution in [0.25, 0.3) is 11.1 Å². The summed E-state index contributed by atoms with van der Waals surface area (Å²) in [6.45, 7) is 5.65. The maximum atomic E-state index is 15.0. The fourth-order valence-electron chi connectivity index (χ4n) is 8.14. The van der Waals surface area contributed by atoms with Crippen LogP contribution >= 0.6 is 11.6 Å². The SMILES string of the molecule is O=C([C@@H]1CCCN1C1CCCCC1)N1CCN2C(=O)c3cc(-c4ccc(Cl)cc4F)ccc3N(CCN3CCOCC3)C(=O)[C@H]2C1. The normalized spacial score (nSPS) is 25.0. The number of hydrogen-bond acceptors (Lipinski definition) is 6. The summed E-state index contributed by atoms with van der Waals surface area (Å²) < 4.78 is 20.5. The van der Waals surface area contributed by atoms with Gasteiger partial charge in [-0.25, -0.2) is 4.39 Å². The molecule has 2 aromatic carbocycles. The first-order valence-corrected chi connectivity index (χ1v) is 17.3. The molecule has 11 heteroatoms. The van der Waals surface area contributed by atoms with Crippen molar-refractivity contribution in [2.24, 2.45) is 0 Å². The highest BCUT2D eigenvalue weighted by molar-refractivity contribution is 6.30. The van der Waals surface area contributed by atoms with E-state index >= 15 is 0 Å². The van der Waals surface area contributed by atoms with Gasteiger partial charge in [-0.15, -0.1) is 0 Å². The molecule has 246 valence electrons. The number of piperazine rings is 1. The van der Waals surface area contributed by atoms with Crippen molar-refractivity contribution in [2.75, 3.05) is 70.5 Å². The average Bonchev–Trinajstić information content (AvgIpc) is 3.56. The molecule has 5 aliphatic rings. The smallest absolute Gasteiger partial charge is 0.256 e. The van der Waals surface area contributed by atoms with Gasteiger partial charge in [0.15, 0.2) is 0 Å². The van der Waals surface area contributed by atoms with Crippen molar-refractivity contribution >= 4 is 35.0 Å². The Bertz CT molecular complexity index is 1480. The average molecular weight is 652 g/mol. The van der Waals surface area contributed by atoms with Gasteiger partial charge in [-0.2, -0.15) is 0 Å². The van der Waals surface area contributed by atoms with Gasteiger partial charge >= 0.3 is 0 Å². The fourth-order valence-corrected chi connectivity index (χ4v) is 8.30. The quantitative estimate of drug-likeness (QED) is 0.465. The maximum absolute atomic E-state index is 15.0. The summed E-state index contributed by atoms with van der Waals surface area (Å²) in [6, 6.07) is 9.21. The lowest BCUT2D eigenvalue weighted by Gasteiger charge is -2.43. The van der Waals surface area contributed by atoms with Crippen LogP contribution in [0.5, 0.6) is 0 Å². The van der Waals surface area contributed by atoms with Gasteiger partial charge in [0, 0.05) is 55.9 Å². The summed E-state index contributed by atoms with van der Waals surface area (Å²) in [5.41, 5.74) is 1.76. The Hall–Kier alpha value is -3.05. The molecule has 0 aromatic heterocycles. The standard InChI is InChI=1S/C35H43ClFN5O4/c36-25-9-10-27(29(37)22-25)24-8-11-30-28(21-24)33(43)42-16-14-39(34(44)31-7-4-12-40(31)26-5-2-1-3-6-26)23-32(42)35(45)41(30)15-13-38-17-19-46-20-18-38/h8-11,21-22,26,31-32H,1-7,12-20,23H2/t31-,32+/m0/s1. The number of anilines is 1. The van der Waals surface area contributed by atoms with Crippen molar-refractivity contribution in [3.8, 4) is 11.1 Å². The van der Waals surface area contributed by atoms with E-state index in [4.69, 9.17) is 16.3 Å². The minimum atomic E-state index is -0.789. The number of halogens is 2. The molecule has 3 saturated heterocycles. The van der Waals surface area contributed by atoms with E-state index in [1.54, 1.807) is 40.1 Å². The number of ether oxygens (including phenoxy) is 1. The van der Waals surface area contributed by atoms with E-state index in [2.05, 4.69) is 9.80 Å². The molecule has 3 amide bonds. The van der Waals surface area contributed by atoms with E-state index in [1.807, 2.05) is 4.90 Å². The van der Waals surface area contributed by atoms with Gasteiger partial charge in [-0.1, -0.05) is 36.9 Å². The van der Waals surface area contributed by atoms with Gasteiger partial charge in [-0.05, 0) is 68.1 Å². The van der Waals surface area contributed by atoms with Gasteiger partial charge in [0.1, 0.15) is 11.9 Å². The number of rotatable bonds is 6. The molecule has 0 spiro atoms. The van der Waals surface area contributed by atoms with Crippen LogP contribution in [0.4, 0.5) is 10.1 Å². The van der Waals surface area contributed by atoms with Crippen LogP contribution in [-0.4, -0.2) is 121 Å². The van der Waals surface area contributed by atoms with E-state index in [0.717, 1.165) is 45.3 Å². The lowest BCUT2D eigenvalue weighted by molar-refractivity contribution is -0.141. The Morgan fingerprint density at radius 3 is 2.46 bits per heavy atom. The molecule has 7 rings (SSSR count). The van der Waals surface area contributed by atoms with E-state index in [1.165, 1.54) is 25.3 Å². The number of amides is 3. The van der Waals surface area contributed by atoms with Gasteiger partial charge < -0.3 is 19.4 Å². The Kier molecular flexibility index (Phi) is 9.32. The third-order valence-electron chi connectivity index (χ3n) is 10.6. The molecule has 1 aliphatic carbocycles. The number of benzene rings is 2. The molecule has 46 heavy (non-hydrogen) atoms. The van der Waals surface area contributed by atoms with Gasteiger partial charge in [0.25, 0.3) is 11.8 Å². The number of carbonyl (C=O) groups is 3. The first-order chi connectivity index (χ1) is 22.4. The van der Waals surface area contributed by atoms with E-state index < -0.39 is 11.9 Å². The van der Waals surface area contributed by atoms with E-state index in [9.17, 15) is 18.8 Å². The number of fused-ring (bicyclic) bond motifs is 2. The van der Waals surface area contributed by atoms with Crippen molar-refractivity contribution in [3.05, 3.63) is 52.8 Å². The molecule has 2 atom stereocenters. The third kappa shape index (κ3) is 6.17. The highest BCUT2D eigenvalue weighted by Gasteiger charge is 2.46. The molecule has 9 nitrogen and oxygen atoms in total. The van der Waals surface area contributed by atoms with Gasteiger partial charge in [0.2, 0.25) is 5.91 Å². The number of carbonyl (C=O) groups excluding carboxylic acids is 3. The third-order valence-corrected chi connectivity index (χ3v) is 10.9. The van der Waals surface area contributed by atoms with Crippen LogP contribution in [0.15, 0.2) is 36.4 Å². The number of hydrogen-bond donors (Lipinski definition) is 0. The largest absolute Gasteiger partial charge is 0.379 e. The number of morpholine rings is 1. The Labute approximate surface area is 275 Å².